The molecule has 1 unspecified atom stereocenters. The summed E-state index contributed by atoms with van der Waals surface area (Å²) in [6, 6.07) is 1.95. The number of likely N-dealkylation sites (tertiary alicyclic amines) is 1. The average Bonchev–Trinajstić information content (AvgIpc) is 2.86. The number of aryl methyl sites for hydroxylation is 1. The Kier molecular flexibility index (Phi) is 3.93. The van der Waals surface area contributed by atoms with E-state index < -0.39 is 0 Å². The first-order valence-electron chi connectivity index (χ1n) is 5.23. The molecular weight excluding hydrogens is 310 g/mol. The lowest BCUT2D eigenvalue weighted by molar-refractivity contribution is 0.0793. The maximum atomic E-state index is 12.1. The number of halogens is 2. The molecule has 1 amide bonds. The fraction of sp³-hybridized carbons (Fsp3) is 0.545. The van der Waals surface area contributed by atoms with Gasteiger partial charge in [-0.15, -0.1) is 22.9 Å². The van der Waals surface area contributed by atoms with Crippen molar-refractivity contribution in [1.82, 2.24) is 4.90 Å². The molecule has 1 atom stereocenters. The first-order valence-corrected chi connectivity index (χ1v) is 7.37. The summed E-state index contributed by atoms with van der Waals surface area (Å²) in [5.74, 6) is 1.26. The van der Waals surface area contributed by atoms with Crippen LogP contribution < -0.4 is 0 Å². The molecule has 0 saturated carbocycles. The van der Waals surface area contributed by atoms with E-state index in [2.05, 4.69) is 15.9 Å². The van der Waals surface area contributed by atoms with Crippen LogP contribution in [0.2, 0.25) is 0 Å². The summed E-state index contributed by atoms with van der Waals surface area (Å²) in [4.78, 5) is 14.9. The predicted molar refractivity (Wildman–Crippen MR) is 71.5 cm³/mol. The Morgan fingerprint density at radius 2 is 2.50 bits per heavy atom. The van der Waals surface area contributed by atoms with Gasteiger partial charge in [0.2, 0.25) is 0 Å². The fourth-order valence-electron chi connectivity index (χ4n) is 1.86. The zero-order chi connectivity index (χ0) is 11.7. The molecule has 2 nitrogen and oxygen atoms in total. The molecule has 1 aliphatic rings. The van der Waals surface area contributed by atoms with Gasteiger partial charge in [0.1, 0.15) is 0 Å². The van der Waals surface area contributed by atoms with Gasteiger partial charge in [-0.25, -0.2) is 0 Å². The fourth-order valence-corrected chi connectivity index (χ4v) is 3.62. The number of alkyl halides is 1. The van der Waals surface area contributed by atoms with E-state index in [1.807, 2.05) is 17.9 Å². The summed E-state index contributed by atoms with van der Waals surface area (Å²) in [7, 11) is 0. The maximum absolute atomic E-state index is 12.1. The van der Waals surface area contributed by atoms with Crippen LogP contribution in [0.3, 0.4) is 0 Å². The van der Waals surface area contributed by atoms with Gasteiger partial charge in [-0.1, -0.05) is 0 Å². The number of amides is 1. The monoisotopic (exact) mass is 321 g/mol. The van der Waals surface area contributed by atoms with Crippen LogP contribution in [0.25, 0.3) is 0 Å². The normalized spacial score (nSPS) is 20.4. The Morgan fingerprint density at radius 1 is 1.75 bits per heavy atom. The molecule has 0 spiro atoms. The summed E-state index contributed by atoms with van der Waals surface area (Å²) >= 11 is 10.8. The Bertz CT molecular complexity index is 387. The van der Waals surface area contributed by atoms with Gasteiger partial charge in [0, 0.05) is 19.0 Å². The smallest absolute Gasteiger partial charge is 0.263 e. The second-order valence-electron chi connectivity index (χ2n) is 4.13. The molecule has 1 fully saturated rings. The summed E-state index contributed by atoms with van der Waals surface area (Å²) in [5, 5.41) is 0. The lowest BCUT2D eigenvalue weighted by Gasteiger charge is -2.14. The minimum atomic E-state index is 0.145. The number of rotatable bonds is 2. The Labute approximate surface area is 113 Å². The van der Waals surface area contributed by atoms with Gasteiger partial charge in [-0.05, 0) is 46.8 Å². The van der Waals surface area contributed by atoms with Crippen LogP contribution in [0, 0.1) is 12.8 Å². The van der Waals surface area contributed by atoms with E-state index in [9.17, 15) is 4.79 Å². The topological polar surface area (TPSA) is 20.3 Å². The van der Waals surface area contributed by atoms with Crippen molar-refractivity contribution in [3.8, 4) is 0 Å². The lowest BCUT2D eigenvalue weighted by Crippen LogP contribution is -2.28. The highest BCUT2D eigenvalue weighted by molar-refractivity contribution is 9.11. The number of hydrogen-bond acceptors (Lipinski definition) is 2. The average molecular weight is 323 g/mol. The molecule has 1 aromatic heterocycles. The second kappa shape index (κ2) is 5.07. The molecule has 0 N–H and O–H groups in total. The van der Waals surface area contributed by atoms with Gasteiger partial charge in [0.25, 0.3) is 5.91 Å². The minimum Gasteiger partial charge on any atom is -0.338 e. The summed E-state index contributed by atoms with van der Waals surface area (Å²) in [6.45, 7) is 3.64. The standard InChI is InChI=1S/C11H13BrClNOS/c1-7-4-9(16-10(7)12)11(15)14-3-2-8(5-13)6-14/h4,8H,2-3,5-6H2,1H3. The van der Waals surface area contributed by atoms with Gasteiger partial charge >= 0.3 is 0 Å². The van der Waals surface area contributed by atoms with Crippen molar-refractivity contribution < 1.29 is 4.79 Å². The van der Waals surface area contributed by atoms with Gasteiger partial charge in [0.05, 0.1) is 8.66 Å². The third kappa shape index (κ3) is 2.44. The van der Waals surface area contributed by atoms with Crippen LogP contribution in [0.1, 0.15) is 21.7 Å². The van der Waals surface area contributed by atoms with E-state index in [0.717, 1.165) is 33.7 Å². The van der Waals surface area contributed by atoms with Crippen molar-refractivity contribution in [3.05, 3.63) is 20.3 Å². The first kappa shape index (κ1) is 12.4. The first-order chi connectivity index (χ1) is 7.61. The van der Waals surface area contributed by atoms with E-state index >= 15 is 0 Å². The number of carbonyl (C=O) groups excluding carboxylic acids is 1. The molecule has 2 rings (SSSR count). The van der Waals surface area contributed by atoms with Gasteiger partial charge in [-0.3, -0.25) is 4.79 Å². The van der Waals surface area contributed by atoms with Crippen molar-refractivity contribution in [2.75, 3.05) is 19.0 Å². The largest absolute Gasteiger partial charge is 0.338 e. The molecule has 0 aliphatic carbocycles. The summed E-state index contributed by atoms with van der Waals surface area (Å²) in [6.07, 6.45) is 1.03. The molecule has 0 bridgehead atoms. The second-order valence-corrected chi connectivity index (χ2v) is 6.81. The molecule has 0 aromatic carbocycles. The quantitative estimate of drug-likeness (QED) is 0.763. The van der Waals surface area contributed by atoms with Gasteiger partial charge in [0.15, 0.2) is 0 Å². The van der Waals surface area contributed by atoms with Crippen LogP contribution in [-0.4, -0.2) is 29.8 Å². The lowest BCUT2D eigenvalue weighted by atomic mass is 10.2. The number of thiophene rings is 1. The predicted octanol–water partition coefficient (Wildman–Crippen LogP) is 3.52. The van der Waals surface area contributed by atoms with Crippen LogP contribution >= 0.6 is 38.9 Å². The van der Waals surface area contributed by atoms with Crippen molar-refractivity contribution >= 4 is 44.8 Å². The maximum Gasteiger partial charge on any atom is 0.263 e. The van der Waals surface area contributed by atoms with Crippen molar-refractivity contribution in [2.24, 2.45) is 5.92 Å². The summed E-state index contributed by atoms with van der Waals surface area (Å²) < 4.78 is 1.05. The van der Waals surface area contributed by atoms with Crippen LogP contribution in [0.5, 0.6) is 0 Å². The number of hydrogen-bond donors (Lipinski definition) is 0. The van der Waals surface area contributed by atoms with Crippen molar-refractivity contribution in [2.45, 2.75) is 13.3 Å². The van der Waals surface area contributed by atoms with Crippen LogP contribution in [0.15, 0.2) is 9.85 Å². The Morgan fingerprint density at radius 3 is 3.00 bits per heavy atom. The Balaban J connectivity index is 2.08. The SMILES string of the molecule is Cc1cc(C(=O)N2CCC(CCl)C2)sc1Br. The highest BCUT2D eigenvalue weighted by Crippen LogP contribution is 2.29. The number of nitrogens with zero attached hydrogens (tertiary/aromatic N) is 1. The molecular formula is C11H13BrClNOS. The third-order valence-corrected chi connectivity index (χ3v) is 5.42. The third-order valence-electron chi connectivity index (χ3n) is 2.86. The minimum absolute atomic E-state index is 0.145. The molecule has 0 radical (unpaired) electrons. The van der Waals surface area contributed by atoms with E-state index in [4.69, 9.17) is 11.6 Å². The van der Waals surface area contributed by atoms with Crippen LogP contribution in [0.4, 0.5) is 0 Å². The molecule has 16 heavy (non-hydrogen) atoms. The molecule has 2 heterocycles. The van der Waals surface area contributed by atoms with E-state index in [0.29, 0.717) is 11.8 Å². The molecule has 88 valence electrons. The van der Waals surface area contributed by atoms with Crippen LogP contribution in [-0.2, 0) is 0 Å². The van der Waals surface area contributed by atoms with E-state index in [-0.39, 0.29) is 5.91 Å². The highest BCUT2D eigenvalue weighted by Gasteiger charge is 2.27. The van der Waals surface area contributed by atoms with E-state index in [1.54, 1.807) is 0 Å². The zero-order valence-corrected chi connectivity index (χ0v) is 12.2. The van der Waals surface area contributed by atoms with E-state index in [1.165, 1.54) is 11.3 Å². The number of carbonyl (C=O) groups is 1. The van der Waals surface area contributed by atoms with Gasteiger partial charge in [-0.2, -0.15) is 0 Å². The molecule has 1 aromatic rings. The Hall–Kier alpha value is -0.0600. The van der Waals surface area contributed by atoms with Gasteiger partial charge < -0.3 is 4.90 Å². The van der Waals surface area contributed by atoms with Crippen molar-refractivity contribution in [1.29, 1.82) is 0 Å². The molecule has 5 heteroatoms. The molecule has 1 aliphatic heterocycles. The van der Waals surface area contributed by atoms with Crippen molar-refractivity contribution in [3.63, 3.8) is 0 Å². The molecule has 1 saturated heterocycles. The summed E-state index contributed by atoms with van der Waals surface area (Å²) in [5.41, 5.74) is 1.13. The zero-order valence-electron chi connectivity index (χ0n) is 9.00. The highest BCUT2D eigenvalue weighted by atomic mass is 79.9.